The number of nitrogens with one attached hydrogen (secondary N) is 2. The van der Waals surface area contributed by atoms with Gasteiger partial charge in [0.2, 0.25) is 5.91 Å². The van der Waals surface area contributed by atoms with Crippen molar-refractivity contribution in [1.29, 1.82) is 0 Å². The molecular formula is C31H42ClN3O4S. The van der Waals surface area contributed by atoms with Gasteiger partial charge >= 0.3 is 6.09 Å². The number of benzene rings is 2. The summed E-state index contributed by atoms with van der Waals surface area (Å²) in [5.74, 6) is 0.0247. The Morgan fingerprint density at radius 2 is 1.80 bits per heavy atom. The van der Waals surface area contributed by atoms with Crippen molar-refractivity contribution in [3.05, 3.63) is 63.7 Å². The number of nitrogens with zero attached hydrogens (tertiary/aromatic N) is 1. The van der Waals surface area contributed by atoms with E-state index in [1.807, 2.05) is 57.4 Å². The van der Waals surface area contributed by atoms with Gasteiger partial charge in [-0.3, -0.25) is 9.59 Å². The molecule has 0 radical (unpaired) electrons. The van der Waals surface area contributed by atoms with Crippen LogP contribution in [0.15, 0.2) is 36.4 Å². The highest BCUT2D eigenvalue weighted by atomic mass is 35.5. The largest absolute Gasteiger partial charge is 0.444 e. The number of alkyl carbamates (subject to hydrolysis) is 1. The Morgan fingerprint density at radius 3 is 2.38 bits per heavy atom. The molecule has 40 heavy (non-hydrogen) atoms. The van der Waals surface area contributed by atoms with Gasteiger partial charge in [-0.1, -0.05) is 47.5 Å². The lowest BCUT2D eigenvalue weighted by molar-refractivity contribution is -0.145. The van der Waals surface area contributed by atoms with E-state index in [0.717, 1.165) is 41.5 Å². The van der Waals surface area contributed by atoms with Crippen molar-refractivity contribution < 1.29 is 19.1 Å². The maximum Gasteiger partial charge on any atom is 0.408 e. The molecular weight excluding hydrogens is 546 g/mol. The van der Waals surface area contributed by atoms with E-state index >= 15 is 0 Å². The van der Waals surface area contributed by atoms with Crippen molar-refractivity contribution in [3.63, 3.8) is 0 Å². The molecule has 9 heteroatoms. The Labute approximate surface area is 247 Å². The number of anilines is 1. The van der Waals surface area contributed by atoms with Gasteiger partial charge in [-0.2, -0.15) is 11.8 Å². The fourth-order valence-electron chi connectivity index (χ4n) is 4.76. The monoisotopic (exact) mass is 587 g/mol. The molecule has 3 amide bonds. The van der Waals surface area contributed by atoms with Crippen molar-refractivity contribution in [2.24, 2.45) is 0 Å². The smallest absolute Gasteiger partial charge is 0.408 e. The molecule has 0 aliphatic heterocycles. The van der Waals surface area contributed by atoms with Crippen LogP contribution in [0.4, 0.5) is 10.5 Å². The van der Waals surface area contributed by atoms with Crippen molar-refractivity contribution >= 4 is 47.0 Å². The number of aryl methyl sites for hydroxylation is 3. The normalized spacial score (nSPS) is 15.0. The van der Waals surface area contributed by atoms with Gasteiger partial charge in [0.25, 0.3) is 5.91 Å². The van der Waals surface area contributed by atoms with Crippen molar-refractivity contribution in [2.45, 2.75) is 91.0 Å². The fourth-order valence-corrected chi connectivity index (χ4v) is 5.50. The molecule has 1 fully saturated rings. The number of carbonyl (C=O) groups excluding carboxylic acids is 3. The zero-order valence-corrected chi connectivity index (χ0v) is 26.2. The van der Waals surface area contributed by atoms with E-state index in [0.29, 0.717) is 22.9 Å². The molecule has 2 aromatic carbocycles. The number of thioether (sulfide) groups is 1. The molecule has 0 aromatic heterocycles. The minimum Gasteiger partial charge on any atom is -0.444 e. The highest BCUT2D eigenvalue weighted by Crippen LogP contribution is 2.37. The van der Waals surface area contributed by atoms with Gasteiger partial charge in [-0.25, -0.2) is 4.79 Å². The third-order valence-electron chi connectivity index (χ3n) is 7.05. The third-order valence-corrected chi connectivity index (χ3v) is 8.01. The third kappa shape index (κ3) is 8.16. The lowest BCUT2D eigenvalue weighted by Crippen LogP contribution is -2.57. The maximum atomic E-state index is 14.4. The number of halogens is 1. The predicted octanol–water partition coefficient (Wildman–Crippen LogP) is 6.97. The Hall–Kier alpha value is -2.71. The van der Waals surface area contributed by atoms with Gasteiger partial charge in [-0.15, -0.1) is 0 Å². The zero-order valence-electron chi connectivity index (χ0n) is 24.6. The minimum absolute atomic E-state index is 0.132. The quantitative estimate of drug-likeness (QED) is 0.313. The summed E-state index contributed by atoms with van der Waals surface area (Å²) >= 11 is 8.07. The Bertz CT molecular complexity index is 1210. The fraction of sp³-hybridized carbons (Fsp3) is 0.516. The van der Waals surface area contributed by atoms with Crippen molar-refractivity contribution in [1.82, 2.24) is 10.2 Å². The summed E-state index contributed by atoms with van der Waals surface area (Å²) in [5.41, 5.74) is 3.28. The van der Waals surface area contributed by atoms with Gasteiger partial charge < -0.3 is 20.3 Å². The number of ether oxygens (including phenoxy) is 1. The summed E-state index contributed by atoms with van der Waals surface area (Å²) < 4.78 is 5.49. The predicted molar refractivity (Wildman–Crippen MR) is 164 cm³/mol. The first-order valence-electron chi connectivity index (χ1n) is 13.8. The van der Waals surface area contributed by atoms with Crippen LogP contribution in [0.5, 0.6) is 0 Å². The maximum absolute atomic E-state index is 14.4. The number of rotatable bonds is 10. The van der Waals surface area contributed by atoms with E-state index in [4.69, 9.17) is 16.3 Å². The lowest BCUT2D eigenvalue weighted by atomic mass is 9.86. The van der Waals surface area contributed by atoms with Crippen molar-refractivity contribution in [3.8, 4) is 0 Å². The summed E-state index contributed by atoms with van der Waals surface area (Å²) in [6.07, 6.45) is 4.25. The summed E-state index contributed by atoms with van der Waals surface area (Å²) in [6.45, 7) is 11.1. The van der Waals surface area contributed by atoms with E-state index in [2.05, 4.69) is 10.6 Å². The van der Waals surface area contributed by atoms with Gasteiger partial charge in [0.1, 0.15) is 17.7 Å². The molecule has 2 aromatic rings. The van der Waals surface area contributed by atoms with E-state index in [1.54, 1.807) is 43.5 Å². The number of amides is 3. The summed E-state index contributed by atoms with van der Waals surface area (Å²) in [6, 6.07) is 9.49. The molecule has 7 nitrogen and oxygen atoms in total. The van der Waals surface area contributed by atoms with Crippen LogP contribution in [0.2, 0.25) is 5.02 Å². The van der Waals surface area contributed by atoms with Crippen LogP contribution >= 0.6 is 23.4 Å². The summed E-state index contributed by atoms with van der Waals surface area (Å²) in [4.78, 5) is 43.2. The lowest BCUT2D eigenvalue weighted by Gasteiger charge is -2.44. The number of hydrogen-bond acceptors (Lipinski definition) is 5. The van der Waals surface area contributed by atoms with Crippen LogP contribution < -0.4 is 10.6 Å². The molecule has 0 saturated heterocycles. The second-order valence-electron chi connectivity index (χ2n) is 11.5. The van der Waals surface area contributed by atoms with E-state index in [-0.39, 0.29) is 17.9 Å². The van der Waals surface area contributed by atoms with E-state index in [1.165, 1.54) is 0 Å². The number of carbonyl (C=O) groups is 3. The van der Waals surface area contributed by atoms with Crippen molar-refractivity contribution in [2.75, 3.05) is 17.3 Å². The van der Waals surface area contributed by atoms with Crippen LogP contribution in [0.1, 0.15) is 74.8 Å². The summed E-state index contributed by atoms with van der Waals surface area (Å²) in [5, 5.41) is 6.28. The van der Waals surface area contributed by atoms with E-state index < -0.39 is 23.8 Å². The first-order chi connectivity index (χ1) is 18.8. The van der Waals surface area contributed by atoms with Crippen LogP contribution in [-0.4, -0.2) is 52.5 Å². The minimum atomic E-state index is -0.911. The summed E-state index contributed by atoms with van der Waals surface area (Å²) in [7, 11) is 0. The molecule has 0 spiro atoms. The van der Waals surface area contributed by atoms with Crippen LogP contribution in [0.25, 0.3) is 0 Å². The molecule has 1 aliphatic carbocycles. The van der Waals surface area contributed by atoms with E-state index in [9.17, 15) is 14.4 Å². The van der Waals surface area contributed by atoms with Gasteiger partial charge in [0.15, 0.2) is 0 Å². The molecule has 2 atom stereocenters. The first kappa shape index (κ1) is 31.8. The Morgan fingerprint density at radius 1 is 1.10 bits per heavy atom. The molecule has 1 aliphatic rings. The molecule has 0 heterocycles. The van der Waals surface area contributed by atoms with Crippen LogP contribution in [0.3, 0.4) is 0 Å². The van der Waals surface area contributed by atoms with Gasteiger partial charge in [0, 0.05) is 6.04 Å². The molecule has 3 rings (SSSR count). The Kier molecular flexibility index (Phi) is 11.0. The second-order valence-corrected chi connectivity index (χ2v) is 12.9. The molecule has 2 unspecified atom stereocenters. The first-order valence-corrected chi connectivity index (χ1v) is 15.5. The topological polar surface area (TPSA) is 87.7 Å². The average Bonchev–Trinajstić information content (AvgIpc) is 2.83. The SMILES string of the molecule is CSCCC(NC(=O)OC(C)(C)C)C(=O)N(C1CCC1)C(C(=O)Nc1c(C)cccc1Cl)c1cc(C)ccc1C. The average molecular weight is 588 g/mol. The molecule has 0 bridgehead atoms. The van der Waals surface area contributed by atoms with Gasteiger partial charge in [0.05, 0.1) is 10.7 Å². The standard InChI is InChI=1S/C31H42ClN3O4S/c1-19-14-15-20(2)23(18-19)27(28(36)34-26-21(3)10-8-13-24(26)32)35(22-11-9-12-22)29(37)25(16-17-40-7)33-30(38)39-31(4,5)6/h8,10,13-15,18,22,25,27H,9,11-12,16-17H2,1-7H3,(H,33,38)(H,34,36). The van der Waals surface area contributed by atoms with Crippen LogP contribution in [-0.2, 0) is 14.3 Å². The highest BCUT2D eigenvalue weighted by molar-refractivity contribution is 7.98. The van der Waals surface area contributed by atoms with Crippen LogP contribution in [0, 0.1) is 20.8 Å². The molecule has 2 N–H and O–H groups in total. The molecule has 218 valence electrons. The highest BCUT2D eigenvalue weighted by Gasteiger charge is 2.42. The van der Waals surface area contributed by atoms with Gasteiger partial charge in [-0.05, 0) is 102 Å². The second kappa shape index (κ2) is 13.8. The number of para-hydroxylation sites is 1. The number of hydrogen-bond donors (Lipinski definition) is 2. The zero-order chi connectivity index (χ0) is 29.6. The molecule has 1 saturated carbocycles. The Balaban J connectivity index is 2.08.